The summed E-state index contributed by atoms with van der Waals surface area (Å²) in [6.07, 6.45) is 3.56. The second-order valence-corrected chi connectivity index (χ2v) is 5.01. The largest absolute Gasteiger partial charge is 0.330 e. The van der Waals surface area contributed by atoms with Crippen molar-refractivity contribution >= 4 is 10.8 Å². The average molecular weight is 229 g/mol. The zero-order chi connectivity index (χ0) is 11.9. The molecule has 2 heteroatoms. The molecule has 0 spiro atoms. The number of rotatable bonds is 2. The van der Waals surface area contributed by atoms with Gasteiger partial charge in [0.25, 0.3) is 0 Å². The first-order chi connectivity index (χ1) is 8.25. The van der Waals surface area contributed by atoms with Crippen molar-refractivity contribution < 1.29 is 4.39 Å². The fraction of sp³-hybridized carbons (Fsp3) is 0.333. The highest BCUT2D eigenvalue weighted by Crippen LogP contribution is 2.43. The molecule has 1 fully saturated rings. The summed E-state index contributed by atoms with van der Waals surface area (Å²) < 4.78 is 13.6. The van der Waals surface area contributed by atoms with Crippen molar-refractivity contribution in [2.45, 2.75) is 24.7 Å². The summed E-state index contributed by atoms with van der Waals surface area (Å²) in [5.74, 6) is -0.149. The van der Waals surface area contributed by atoms with E-state index in [9.17, 15) is 4.39 Å². The number of fused-ring (bicyclic) bond motifs is 1. The van der Waals surface area contributed by atoms with Gasteiger partial charge in [-0.15, -0.1) is 0 Å². The third-order valence-corrected chi connectivity index (χ3v) is 4.14. The van der Waals surface area contributed by atoms with E-state index in [-0.39, 0.29) is 11.2 Å². The molecule has 0 aromatic heterocycles. The Morgan fingerprint density at radius 3 is 2.65 bits per heavy atom. The highest BCUT2D eigenvalue weighted by molar-refractivity contribution is 5.84. The van der Waals surface area contributed by atoms with Crippen molar-refractivity contribution in [3.63, 3.8) is 0 Å². The van der Waals surface area contributed by atoms with E-state index in [0.717, 1.165) is 18.2 Å². The molecular formula is C15H16FN. The summed E-state index contributed by atoms with van der Waals surface area (Å²) in [4.78, 5) is 0. The standard InChI is InChI=1S/C15H16FN/c16-14-4-1-3-11-9-12(5-6-13(11)14)15(10-17)7-2-8-15/h1,3-6,9H,2,7-8,10,17H2. The Bertz CT molecular complexity index is 552. The van der Waals surface area contributed by atoms with Gasteiger partial charge < -0.3 is 5.73 Å². The molecule has 0 bridgehead atoms. The van der Waals surface area contributed by atoms with Gasteiger partial charge in [-0.2, -0.15) is 0 Å². The maximum Gasteiger partial charge on any atom is 0.131 e. The topological polar surface area (TPSA) is 26.0 Å². The lowest BCUT2D eigenvalue weighted by Gasteiger charge is -2.41. The van der Waals surface area contributed by atoms with Crippen LogP contribution in [0.2, 0.25) is 0 Å². The van der Waals surface area contributed by atoms with Crippen LogP contribution in [-0.2, 0) is 5.41 Å². The highest BCUT2D eigenvalue weighted by atomic mass is 19.1. The molecule has 0 unspecified atom stereocenters. The first-order valence-corrected chi connectivity index (χ1v) is 6.14. The molecule has 17 heavy (non-hydrogen) atoms. The predicted molar refractivity (Wildman–Crippen MR) is 68.5 cm³/mol. The minimum Gasteiger partial charge on any atom is -0.330 e. The Hall–Kier alpha value is -1.41. The van der Waals surface area contributed by atoms with E-state index in [2.05, 4.69) is 6.07 Å². The molecule has 3 rings (SSSR count). The van der Waals surface area contributed by atoms with Gasteiger partial charge in [0.05, 0.1) is 0 Å². The molecular weight excluding hydrogens is 213 g/mol. The van der Waals surface area contributed by atoms with Crippen molar-refractivity contribution in [3.05, 3.63) is 47.8 Å². The summed E-state index contributed by atoms with van der Waals surface area (Å²) >= 11 is 0. The lowest BCUT2D eigenvalue weighted by Crippen LogP contribution is -2.41. The second kappa shape index (κ2) is 3.81. The molecule has 1 aliphatic carbocycles. The zero-order valence-electron chi connectivity index (χ0n) is 9.75. The number of benzene rings is 2. The van der Waals surface area contributed by atoms with Crippen molar-refractivity contribution in [1.82, 2.24) is 0 Å². The fourth-order valence-corrected chi connectivity index (χ4v) is 2.79. The van der Waals surface area contributed by atoms with Gasteiger partial charge in [0.15, 0.2) is 0 Å². The number of nitrogens with two attached hydrogens (primary N) is 1. The third kappa shape index (κ3) is 1.55. The Labute approximate surface area is 100 Å². The lowest BCUT2D eigenvalue weighted by molar-refractivity contribution is 0.253. The van der Waals surface area contributed by atoms with Gasteiger partial charge >= 0.3 is 0 Å². The van der Waals surface area contributed by atoms with E-state index in [1.165, 1.54) is 18.1 Å². The van der Waals surface area contributed by atoms with E-state index in [1.54, 1.807) is 6.07 Å². The average Bonchev–Trinajstić information content (AvgIpc) is 2.28. The molecule has 2 N–H and O–H groups in total. The van der Waals surface area contributed by atoms with Crippen LogP contribution in [0, 0.1) is 5.82 Å². The SMILES string of the molecule is NCC1(c2ccc3c(F)cccc3c2)CCC1. The summed E-state index contributed by atoms with van der Waals surface area (Å²) in [6.45, 7) is 0.688. The van der Waals surface area contributed by atoms with Gasteiger partial charge in [0, 0.05) is 17.3 Å². The molecule has 0 aliphatic heterocycles. The quantitative estimate of drug-likeness (QED) is 0.839. The number of hydrogen-bond donors (Lipinski definition) is 1. The van der Waals surface area contributed by atoms with Crippen LogP contribution >= 0.6 is 0 Å². The van der Waals surface area contributed by atoms with Crippen molar-refractivity contribution in [2.75, 3.05) is 6.54 Å². The van der Waals surface area contributed by atoms with Gasteiger partial charge in [-0.1, -0.05) is 36.8 Å². The molecule has 1 nitrogen and oxygen atoms in total. The number of hydrogen-bond acceptors (Lipinski definition) is 1. The highest BCUT2D eigenvalue weighted by Gasteiger charge is 2.37. The van der Waals surface area contributed by atoms with Crippen LogP contribution in [0.3, 0.4) is 0 Å². The molecule has 2 aromatic carbocycles. The van der Waals surface area contributed by atoms with Gasteiger partial charge in [0.1, 0.15) is 5.82 Å². The van der Waals surface area contributed by atoms with Crippen LogP contribution in [0.5, 0.6) is 0 Å². The molecule has 0 heterocycles. The Morgan fingerprint density at radius 2 is 2.00 bits per heavy atom. The molecule has 0 radical (unpaired) electrons. The van der Waals surface area contributed by atoms with E-state index in [1.807, 2.05) is 18.2 Å². The maximum atomic E-state index is 13.6. The van der Waals surface area contributed by atoms with Gasteiger partial charge in [0.2, 0.25) is 0 Å². The first-order valence-electron chi connectivity index (χ1n) is 6.14. The van der Waals surface area contributed by atoms with E-state index < -0.39 is 0 Å². The fourth-order valence-electron chi connectivity index (χ4n) is 2.79. The molecule has 1 aliphatic rings. The lowest BCUT2D eigenvalue weighted by atomic mass is 9.64. The summed E-state index contributed by atoms with van der Waals surface area (Å²) in [6, 6.07) is 11.3. The van der Waals surface area contributed by atoms with E-state index in [0.29, 0.717) is 11.9 Å². The van der Waals surface area contributed by atoms with E-state index >= 15 is 0 Å². The third-order valence-electron chi connectivity index (χ3n) is 4.14. The number of halogens is 1. The Balaban J connectivity index is 2.14. The second-order valence-electron chi connectivity index (χ2n) is 5.01. The Morgan fingerprint density at radius 1 is 1.18 bits per heavy atom. The Kier molecular flexibility index (Phi) is 2.40. The minimum atomic E-state index is -0.149. The van der Waals surface area contributed by atoms with Crippen molar-refractivity contribution in [2.24, 2.45) is 5.73 Å². The molecule has 2 aromatic rings. The normalized spacial score (nSPS) is 18.0. The van der Waals surface area contributed by atoms with Gasteiger partial charge in [-0.25, -0.2) is 4.39 Å². The monoisotopic (exact) mass is 229 g/mol. The smallest absolute Gasteiger partial charge is 0.131 e. The minimum absolute atomic E-state index is 0.149. The van der Waals surface area contributed by atoms with Crippen LogP contribution < -0.4 is 5.73 Å². The van der Waals surface area contributed by atoms with Crippen LogP contribution in [-0.4, -0.2) is 6.54 Å². The predicted octanol–water partition coefficient (Wildman–Crippen LogP) is 3.36. The van der Waals surface area contributed by atoms with Crippen LogP contribution in [0.1, 0.15) is 24.8 Å². The molecule has 1 saturated carbocycles. The van der Waals surface area contributed by atoms with Gasteiger partial charge in [-0.3, -0.25) is 0 Å². The zero-order valence-corrected chi connectivity index (χ0v) is 9.75. The molecule has 0 atom stereocenters. The van der Waals surface area contributed by atoms with Crippen molar-refractivity contribution in [1.29, 1.82) is 0 Å². The van der Waals surface area contributed by atoms with E-state index in [4.69, 9.17) is 5.73 Å². The molecule has 88 valence electrons. The van der Waals surface area contributed by atoms with Crippen LogP contribution in [0.4, 0.5) is 4.39 Å². The summed E-state index contributed by atoms with van der Waals surface area (Å²) in [5, 5.41) is 1.67. The van der Waals surface area contributed by atoms with Crippen molar-refractivity contribution in [3.8, 4) is 0 Å². The summed E-state index contributed by atoms with van der Waals surface area (Å²) in [7, 11) is 0. The summed E-state index contributed by atoms with van der Waals surface area (Å²) in [5.41, 5.74) is 7.32. The van der Waals surface area contributed by atoms with Gasteiger partial charge in [-0.05, 0) is 29.9 Å². The molecule has 0 saturated heterocycles. The van der Waals surface area contributed by atoms with Crippen LogP contribution in [0.15, 0.2) is 36.4 Å². The van der Waals surface area contributed by atoms with Crippen LogP contribution in [0.25, 0.3) is 10.8 Å². The first kappa shape index (κ1) is 10.7. The molecule has 0 amide bonds. The maximum absolute atomic E-state index is 13.6.